The van der Waals surface area contributed by atoms with Crippen LogP contribution in [0.3, 0.4) is 0 Å². The van der Waals surface area contributed by atoms with E-state index in [1.807, 2.05) is 0 Å². The number of fused-ring (bicyclic) bond motifs is 1. The lowest BCUT2D eigenvalue weighted by molar-refractivity contribution is -0.192. The number of nitrogens with zero attached hydrogens (tertiary/aromatic N) is 1. The molecule has 2 aromatic rings. The van der Waals surface area contributed by atoms with E-state index in [0.29, 0.717) is 16.5 Å². The van der Waals surface area contributed by atoms with Gasteiger partial charge in [-0.2, -0.15) is 26.3 Å². The molecule has 1 N–H and O–H groups in total. The van der Waals surface area contributed by atoms with Gasteiger partial charge >= 0.3 is 18.3 Å². The van der Waals surface area contributed by atoms with E-state index in [-0.39, 0.29) is 11.3 Å². The highest BCUT2D eigenvalue weighted by molar-refractivity contribution is 5.93. The fourth-order valence-electron chi connectivity index (χ4n) is 3.11. The number of benzene rings is 2. The largest absolute Gasteiger partial charge is 0.479 e. The number of carboxylic acid groups (broad SMARTS) is 1. The minimum absolute atomic E-state index is 0.0182. The predicted octanol–water partition coefficient (Wildman–Crippen LogP) is 5.12. The Morgan fingerprint density at radius 3 is 2.11 bits per heavy atom. The van der Waals surface area contributed by atoms with Crippen molar-refractivity contribution in [1.29, 1.82) is 0 Å². The summed E-state index contributed by atoms with van der Waals surface area (Å²) in [4.78, 5) is 12.4. The quantitative estimate of drug-likeness (QED) is 0.726. The third kappa shape index (κ3) is 3.21. The maximum atomic E-state index is 13.9. The summed E-state index contributed by atoms with van der Waals surface area (Å²) in [6, 6.07) is 9.47. The molecule has 28 heavy (non-hydrogen) atoms. The van der Waals surface area contributed by atoms with Crippen molar-refractivity contribution in [2.75, 3.05) is 4.90 Å². The van der Waals surface area contributed by atoms with Gasteiger partial charge in [-0.15, -0.1) is 0 Å². The van der Waals surface area contributed by atoms with Crippen LogP contribution in [0.5, 0.6) is 0 Å². The van der Waals surface area contributed by atoms with Gasteiger partial charge in [0.1, 0.15) is 0 Å². The Balaban J connectivity index is 2.10. The van der Waals surface area contributed by atoms with Crippen LogP contribution in [-0.4, -0.2) is 22.8 Å². The van der Waals surface area contributed by atoms with Gasteiger partial charge < -0.3 is 10.0 Å². The highest BCUT2D eigenvalue weighted by Gasteiger charge is 2.64. The molecule has 1 unspecified atom stereocenters. The molecule has 148 valence electrons. The van der Waals surface area contributed by atoms with Crippen LogP contribution < -0.4 is 4.90 Å². The van der Waals surface area contributed by atoms with Crippen LogP contribution >= 0.6 is 0 Å². The van der Waals surface area contributed by atoms with Crippen LogP contribution in [0.25, 0.3) is 6.08 Å². The second-order valence-electron chi connectivity index (χ2n) is 6.24. The molecule has 0 amide bonds. The molecule has 1 aliphatic rings. The Bertz CT molecular complexity index is 917. The third-order valence-electron chi connectivity index (χ3n) is 4.54. The van der Waals surface area contributed by atoms with Gasteiger partial charge in [-0.1, -0.05) is 36.4 Å². The summed E-state index contributed by atoms with van der Waals surface area (Å²) in [5, 5.41) is 9.49. The van der Waals surface area contributed by atoms with E-state index >= 15 is 0 Å². The van der Waals surface area contributed by atoms with E-state index in [1.54, 1.807) is 6.07 Å². The summed E-state index contributed by atoms with van der Waals surface area (Å²) in [5.74, 6) is -2.13. The van der Waals surface area contributed by atoms with E-state index in [4.69, 9.17) is 0 Å². The summed E-state index contributed by atoms with van der Waals surface area (Å²) in [6.07, 6.45) is -8.12. The van der Waals surface area contributed by atoms with Gasteiger partial charge in [-0.3, -0.25) is 0 Å². The fraction of sp³-hybridized carbons (Fsp3) is 0.211. The van der Waals surface area contributed by atoms with Crippen molar-refractivity contribution >= 4 is 17.7 Å². The average molecular weight is 401 g/mol. The van der Waals surface area contributed by atoms with Crippen molar-refractivity contribution in [2.24, 2.45) is 0 Å². The summed E-state index contributed by atoms with van der Waals surface area (Å²) in [5.41, 5.74) is -3.80. The highest BCUT2D eigenvalue weighted by atomic mass is 19.4. The standard InChI is InChI=1S/C19H13F6NO2/c20-18(21,22)14-7-5-12(6-8-14)11-26-15-4-2-1-3-13(15)9-10-17(26,16(27)28)19(23,24)25/h1-10H,11H2,(H,27,28). The molecule has 9 heteroatoms. The molecule has 0 saturated heterocycles. The topological polar surface area (TPSA) is 40.5 Å². The minimum atomic E-state index is -5.17. The Hall–Kier alpha value is -2.97. The number of hydrogen-bond acceptors (Lipinski definition) is 2. The van der Waals surface area contributed by atoms with Crippen LogP contribution in [0.1, 0.15) is 16.7 Å². The fourth-order valence-corrected chi connectivity index (χ4v) is 3.11. The molecular weight excluding hydrogens is 388 g/mol. The second kappa shape index (κ2) is 6.57. The van der Waals surface area contributed by atoms with Crippen molar-refractivity contribution in [3.8, 4) is 0 Å². The molecular formula is C19H13F6NO2. The number of hydrogen-bond donors (Lipinski definition) is 1. The second-order valence-corrected chi connectivity index (χ2v) is 6.24. The van der Waals surface area contributed by atoms with E-state index in [9.17, 15) is 36.2 Å². The molecule has 3 rings (SSSR count). The van der Waals surface area contributed by atoms with Gasteiger partial charge in [0, 0.05) is 12.2 Å². The first-order chi connectivity index (χ1) is 13.0. The molecule has 0 fully saturated rings. The van der Waals surface area contributed by atoms with Crippen LogP contribution in [0.2, 0.25) is 0 Å². The molecule has 2 aromatic carbocycles. The van der Waals surface area contributed by atoms with Crippen LogP contribution in [-0.2, 0) is 17.5 Å². The molecule has 3 nitrogen and oxygen atoms in total. The van der Waals surface area contributed by atoms with Crippen LogP contribution in [0.15, 0.2) is 54.6 Å². The zero-order valence-electron chi connectivity index (χ0n) is 14.1. The number of rotatable bonds is 3. The van der Waals surface area contributed by atoms with E-state index in [1.165, 1.54) is 18.2 Å². The molecule has 0 radical (unpaired) electrons. The third-order valence-corrected chi connectivity index (χ3v) is 4.54. The molecule has 0 saturated carbocycles. The number of alkyl halides is 6. The molecule has 1 atom stereocenters. The van der Waals surface area contributed by atoms with Gasteiger partial charge in [0.25, 0.3) is 5.54 Å². The number of halogens is 6. The van der Waals surface area contributed by atoms with Gasteiger partial charge in [0.05, 0.1) is 5.56 Å². The number of carboxylic acids is 1. The highest BCUT2D eigenvalue weighted by Crippen LogP contribution is 2.45. The molecule has 1 heterocycles. The lowest BCUT2D eigenvalue weighted by Crippen LogP contribution is -2.63. The maximum Gasteiger partial charge on any atom is 0.426 e. The average Bonchev–Trinajstić information content (AvgIpc) is 2.60. The number of carbonyl (C=O) groups is 1. The van der Waals surface area contributed by atoms with Crippen LogP contribution in [0, 0.1) is 0 Å². The summed E-state index contributed by atoms with van der Waals surface area (Å²) in [7, 11) is 0. The molecule has 0 bridgehead atoms. The maximum absolute atomic E-state index is 13.9. The number of para-hydroxylation sites is 1. The van der Waals surface area contributed by atoms with Crippen molar-refractivity contribution < 1.29 is 36.2 Å². The molecule has 0 aromatic heterocycles. The smallest absolute Gasteiger partial charge is 0.426 e. The normalized spacial score (nSPS) is 19.4. The Morgan fingerprint density at radius 1 is 0.964 bits per heavy atom. The Kier molecular flexibility index (Phi) is 4.64. The summed E-state index contributed by atoms with van der Waals surface area (Å²) < 4.78 is 79.8. The number of anilines is 1. The Labute approximate surface area is 155 Å². The first-order valence-corrected chi connectivity index (χ1v) is 7.99. The zero-order chi connectivity index (χ0) is 20.7. The first kappa shape index (κ1) is 19.8. The molecule has 1 aliphatic heterocycles. The van der Waals surface area contributed by atoms with Crippen molar-refractivity contribution in [3.63, 3.8) is 0 Å². The van der Waals surface area contributed by atoms with Crippen LogP contribution in [0.4, 0.5) is 32.0 Å². The monoisotopic (exact) mass is 401 g/mol. The van der Waals surface area contributed by atoms with Gasteiger partial charge in [0.2, 0.25) is 0 Å². The van der Waals surface area contributed by atoms with Crippen molar-refractivity contribution in [2.45, 2.75) is 24.4 Å². The zero-order valence-corrected chi connectivity index (χ0v) is 14.1. The van der Waals surface area contributed by atoms with Gasteiger partial charge in [-0.25, -0.2) is 4.79 Å². The first-order valence-electron chi connectivity index (χ1n) is 7.99. The van der Waals surface area contributed by atoms with Gasteiger partial charge in [-0.05, 0) is 35.4 Å². The van der Waals surface area contributed by atoms with E-state index in [0.717, 1.165) is 30.3 Å². The predicted molar refractivity (Wildman–Crippen MR) is 89.5 cm³/mol. The van der Waals surface area contributed by atoms with E-state index in [2.05, 4.69) is 0 Å². The van der Waals surface area contributed by atoms with E-state index < -0.39 is 36.0 Å². The summed E-state index contributed by atoms with van der Waals surface area (Å²) >= 11 is 0. The SMILES string of the molecule is O=C(O)C1(C(F)(F)F)C=Cc2ccccc2N1Cc1ccc(C(F)(F)F)cc1. The lowest BCUT2D eigenvalue weighted by atomic mass is 9.88. The van der Waals surface area contributed by atoms with Crippen molar-refractivity contribution in [3.05, 3.63) is 71.3 Å². The molecule has 0 aliphatic carbocycles. The number of aliphatic carboxylic acids is 1. The Morgan fingerprint density at radius 2 is 1.57 bits per heavy atom. The lowest BCUT2D eigenvalue weighted by Gasteiger charge is -2.44. The summed E-state index contributed by atoms with van der Waals surface area (Å²) in [6.45, 7) is -0.550. The van der Waals surface area contributed by atoms with Gasteiger partial charge in [0.15, 0.2) is 0 Å². The molecule has 0 spiro atoms. The minimum Gasteiger partial charge on any atom is -0.479 e. The van der Waals surface area contributed by atoms with Crippen molar-refractivity contribution in [1.82, 2.24) is 0 Å².